The summed E-state index contributed by atoms with van der Waals surface area (Å²) in [7, 11) is 0. The molecule has 0 amide bonds. The fourth-order valence-electron chi connectivity index (χ4n) is 2.47. The summed E-state index contributed by atoms with van der Waals surface area (Å²) >= 11 is 0. The van der Waals surface area contributed by atoms with Crippen LogP contribution in [-0.2, 0) is 6.42 Å². The number of benzene rings is 1. The van der Waals surface area contributed by atoms with Crippen LogP contribution in [0.3, 0.4) is 0 Å². The summed E-state index contributed by atoms with van der Waals surface area (Å²) < 4.78 is 5.95. The topological polar surface area (TPSA) is 21.3 Å². The molecule has 0 bridgehead atoms. The second-order valence-corrected chi connectivity index (χ2v) is 4.22. The minimum absolute atomic E-state index is 0.419. The van der Waals surface area contributed by atoms with Gasteiger partial charge >= 0.3 is 0 Å². The van der Waals surface area contributed by atoms with Gasteiger partial charge in [0.1, 0.15) is 11.9 Å². The lowest BCUT2D eigenvalue weighted by molar-refractivity contribution is 0.169. The lowest BCUT2D eigenvalue weighted by Crippen LogP contribution is -2.26. The summed E-state index contributed by atoms with van der Waals surface area (Å²) in [5.41, 5.74) is 1.38. The van der Waals surface area contributed by atoms with Crippen LogP contribution in [0.4, 0.5) is 0 Å². The summed E-state index contributed by atoms with van der Waals surface area (Å²) in [6.07, 6.45) is 2.78. The molecule has 1 N–H and O–H groups in total. The second-order valence-electron chi connectivity index (χ2n) is 4.22. The molecule has 1 saturated heterocycles. The monoisotopic (exact) mass is 189 g/mol. The molecule has 0 aromatic heterocycles. The molecule has 2 heteroatoms. The first-order valence-corrected chi connectivity index (χ1v) is 5.39. The Kier molecular flexibility index (Phi) is 1.95. The Morgan fingerprint density at radius 2 is 2.21 bits per heavy atom. The van der Waals surface area contributed by atoms with E-state index in [-0.39, 0.29) is 0 Å². The molecule has 1 aromatic carbocycles. The summed E-state index contributed by atoms with van der Waals surface area (Å²) in [5.74, 6) is 1.81. The molecule has 0 aliphatic carbocycles. The average molecular weight is 189 g/mol. The number of nitrogens with one attached hydrogen (secondary N) is 1. The quantitative estimate of drug-likeness (QED) is 0.724. The van der Waals surface area contributed by atoms with Crippen LogP contribution in [0.15, 0.2) is 24.3 Å². The molecule has 2 heterocycles. The molecular formula is C12H15NO. The van der Waals surface area contributed by atoms with E-state index in [2.05, 4.69) is 23.5 Å². The van der Waals surface area contributed by atoms with Crippen LogP contribution in [0, 0.1) is 5.92 Å². The molecule has 1 fully saturated rings. The van der Waals surface area contributed by atoms with Crippen LogP contribution in [0.1, 0.15) is 12.0 Å². The van der Waals surface area contributed by atoms with Crippen molar-refractivity contribution in [3.05, 3.63) is 29.8 Å². The van der Waals surface area contributed by atoms with Gasteiger partial charge in [0.15, 0.2) is 0 Å². The molecule has 0 saturated carbocycles. The molecule has 2 aliphatic rings. The van der Waals surface area contributed by atoms with E-state index in [1.807, 2.05) is 6.07 Å². The number of fused-ring (bicyclic) bond motifs is 1. The van der Waals surface area contributed by atoms with Gasteiger partial charge in [0, 0.05) is 18.9 Å². The van der Waals surface area contributed by atoms with Crippen LogP contribution in [-0.4, -0.2) is 19.2 Å². The molecule has 2 aliphatic heterocycles. The van der Waals surface area contributed by atoms with Crippen molar-refractivity contribution in [3.8, 4) is 5.75 Å². The van der Waals surface area contributed by atoms with Gasteiger partial charge in [-0.25, -0.2) is 0 Å². The van der Waals surface area contributed by atoms with E-state index in [4.69, 9.17) is 4.74 Å². The molecule has 2 nitrogen and oxygen atoms in total. The smallest absolute Gasteiger partial charge is 0.123 e. The number of hydrogen-bond acceptors (Lipinski definition) is 2. The molecular weight excluding hydrogens is 174 g/mol. The highest BCUT2D eigenvalue weighted by Gasteiger charge is 2.31. The molecule has 2 atom stereocenters. The van der Waals surface area contributed by atoms with Crippen LogP contribution in [0.2, 0.25) is 0 Å². The Labute approximate surface area is 84.3 Å². The van der Waals surface area contributed by atoms with Gasteiger partial charge in [-0.15, -0.1) is 0 Å². The number of hydrogen-bond donors (Lipinski definition) is 1. The van der Waals surface area contributed by atoms with Crippen molar-refractivity contribution in [1.29, 1.82) is 0 Å². The van der Waals surface area contributed by atoms with Gasteiger partial charge in [0.2, 0.25) is 0 Å². The maximum Gasteiger partial charge on any atom is 0.123 e. The minimum Gasteiger partial charge on any atom is -0.489 e. The predicted octanol–water partition coefficient (Wildman–Crippen LogP) is 1.60. The lowest BCUT2D eigenvalue weighted by atomic mass is 9.97. The Morgan fingerprint density at radius 3 is 3.00 bits per heavy atom. The van der Waals surface area contributed by atoms with E-state index < -0.39 is 0 Å². The van der Waals surface area contributed by atoms with Crippen molar-refractivity contribution in [3.63, 3.8) is 0 Å². The Hall–Kier alpha value is -1.02. The van der Waals surface area contributed by atoms with Crippen LogP contribution >= 0.6 is 0 Å². The standard InChI is InChI=1S/C12H15NO/c1-2-4-11-9(3-1)7-12(14-11)10-5-6-13-8-10/h1-4,10,12-13H,5-8H2. The van der Waals surface area contributed by atoms with E-state index >= 15 is 0 Å². The summed E-state index contributed by atoms with van der Waals surface area (Å²) in [4.78, 5) is 0. The van der Waals surface area contributed by atoms with E-state index in [0.717, 1.165) is 25.3 Å². The first-order valence-electron chi connectivity index (χ1n) is 5.39. The van der Waals surface area contributed by atoms with Crippen molar-refractivity contribution in [2.45, 2.75) is 18.9 Å². The van der Waals surface area contributed by atoms with E-state index in [1.54, 1.807) is 0 Å². The predicted molar refractivity (Wildman–Crippen MR) is 55.5 cm³/mol. The first kappa shape index (κ1) is 8.30. The molecule has 0 radical (unpaired) electrons. The van der Waals surface area contributed by atoms with Crippen molar-refractivity contribution >= 4 is 0 Å². The normalized spacial score (nSPS) is 30.0. The third kappa shape index (κ3) is 1.30. The Bertz CT molecular complexity index is 306. The largest absolute Gasteiger partial charge is 0.489 e. The maximum atomic E-state index is 5.95. The third-order valence-corrected chi connectivity index (χ3v) is 3.30. The Balaban J connectivity index is 1.77. The molecule has 1 aromatic rings. The fourth-order valence-corrected chi connectivity index (χ4v) is 2.47. The fraction of sp³-hybridized carbons (Fsp3) is 0.500. The summed E-state index contributed by atoms with van der Waals surface area (Å²) in [5, 5.41) is 3.40. The van der Waals surface area contributed by atoms with Gasteiger partial charge < -0.3 is 10.1 Å². The van der Waals surface area contributed by atoms with Gasteiger partial charge in [-0.3, -0.25) is 0 Å². The zero-order valence-corrected chi connectivity index (χ0v) is 8.20. The number of rotatable bonds is 1. The Morgan fingerprint density at radius 1 is 1.29 bits per heavy atom. The van der Waals surface area contributed by atoms with Gasteiger partial charge in [-0.2, -0.15) is 0 Å². The minimum atomic E-state index is 0.419. The van der Waals surface area contributed by atoms with Gasteiger partial charge in [0.25, 0.3) is 0 Å². The average Bonchev–Trinajstić information content (AvgIpc) is 2.86. The molecule has 14 heavy (non-hydrogen) atoms. The molecule has 2 unspecified atom stereocenters. The third-order valence-electron chi connectivity index (χ3n) is 3.30. The zero-order valence-electron chi connectivity index (χ0n) is 8.20. The highest BCUT2D eigenvalue weighted by atomic mass is 16.5. The van der Waals surface area contributed by atoms with E-state index in [0.29, 0.717) is 12.0 Å². The SMILES string of the molecule is c1ccc2c(c1)CC(C1CCNC1)O2. The van der Waals surface area contributed by atoms with Gasteiger partial charge in [-0.05, 0) is 24.6 Å². The van der Waals surface area contributed by atoms with Crippen molar-refractivity contribution in [1.82, 2.24) is 5.32 Å². The van der Waals surface area contributed by atoms with E-state index in [9.17, 15) is 0 Å². The molecule has 0 spiro atoms. The van der Waals surface area contributed by atoms with Crippen LogP contribution in [0.5, 0.6) is 5.75 Å². The number of para-hydroxylation sites is 1. The lowest BCUT2D eigenvalue weighted by Gasteiger charge is -2.16. The summed E-state index contributed by atoms with van der Waals surface area (Å²) in [6, 6.07) is 8.40. The first-order chi connectivity index (χ1) is 6.93. The second kappa shape index (κ2) is 3.28. The van der Waals surface area contributed by atoms with Crippen molar-refractivity contribution < 1.29 is 4.74 Å². The van der Waals surface area contributed by atoms with E-state index in [1.165, 1.54) is 12.0 Å². The number of ether oxygens (including phenoxy) is 1. The van der Waals surface area contributed by atoms with Crippen molar-refractivity contribution in [2.24, 2.45) is 5.92 Å². The van der Waals surface area contributed by atoms with Gasteiger partial charge in [-0.1, -0.05) is 18.2 Å². The van der Waals surface area contributed by atoms with Crippen molar-refractivity contribution in [2.75, 3.05) is 13.1 Å². The molecule has 74 valence electrons. The zero-order chi connectivity index (χ0) is 9.38. The van der Waals surface area contributed by atoms with Crippen LogP contribution in [0.25, 0.3) is 0 Å². The highest BCUT2D eigenvalue weighted by molar-refractivity contribution is 5.37. The van der Waals surface area contributed by atoms with Crippen LogP contribution < -0.4 is 10.1 Å². The highest BCUT2D eigenvalue weighted by Crippen LogP contribution is 2.32. The maximum absolute atomic E-state index is 5.95. The molecule has 3 rings (SSSR count). The summed E-state index contributed by atoms with van der Waals surface area (Å²) in [6.45, 7) is 2.28. The van der Waals surface area contributed by atoms with Gasteiger partial charge in [0.05, 0.1) is 0 Å².